The molecule has 1 aliphatic carbocycles. The van der Waals surface area contributed by atoms with E-state index in [1.807, 2.05) is 13.0 Å². The molecule has 1 saturated carbocycles. The van der Waals surface area contributed by atoms with Crippen molar-refractivity contribution in [2.45, 2.75) is 63.5 Å². The van der Waals surface area contributed by atoms with Crippen LogP contribution in [-0.4, -0.2) is 30.6 Å². The van der Waals surface area contributed by atoms with Crippen LogP contribution in [0.25, 0.3) is 0 Å². The van der Waals surface area contributed by atoms with Crippen LogP contribution in [0.5, 0.6) is 0 Å². The minimum absolute atomic E-state index is 0. The molecule has 1 atom stereocenters. The third-order valence-electron chi connectivity index (χ3n) is 5.45. The molecule has 2 aliphatic rings. The molecule has 1 aliphatic heterocycles. The Kier molecular flexibility index (Phi) is 8.64. The zero-order valence-electron chi connectivity index (χ0n) is 15.3. The van der Waals surface area contributed by atoms with E-state index < -0.39 is 5.54 Å². The molecule has 0 aromatic heterocycles. The highest BCUT2D eigenvalue weighted by Gasteiger charge is 2.36. The maximum atomic E-state index is 13.3. The van der Waals surface area contributed by atoms with Crippen LogP contribution in [0.1, 0.15) is 50.5 Å². The zero-order chi connectivity index (χ0) is 17.2. The summed E-state index contributed by atoms with van der Waals surface area (Å²) in [6.45, 7) is 3.62. The van der Waals surface area contributed by atoms with Gasteiger partial charge >= 0.3 is 0 Å². The summed E-state index contributed by atoms with van der Waals surface area (Å²) in [4.78, 5) is 14.9. The summed E-state index contributed by atoms with van der Waals surface area (Å²) in [5, 5.41) is 3.18. The Morgan fingerprint density at radius 3 is 2.58 bits per heavy atom. The minimum Gasteiger partial charge on any atom is -0.369 e. The maximum absolute atomic E-state index is 13.3. The molecule has 1 unspecified atom stereocenters. The lowest BCUT2D eigenvalue weighted by atomic mass is 9.81. The molecule has 4 nitrogen and oxygen atoms in total. The van der Waals surface area contributed by atoms with Crippen LogP contribution in [0.15, 0.2) is 18.2 Å². The molecule has 7 heteroatoms. The van der Waals surface area contributed by atoms with Crippen LogP contribution in [-0.2, 0) is 4.79 Å². The van der Waals surface area contributed by atoms with Gasteiger partial charge < -0.3 is 16.0 Å². The second-order valence-corrected chi connectivity index (χ2v) is 7.41. The number of hydrogen-bond donors (Lipinski definition) is 2. The number of halogens is 3. The highest BCUT2D eigenvalue weighted by molar-refractivity contribution is 5.86. The van der Waals surface area contributed by atoms with Crippen molar-refractivity contribution in [3.05, 3.63) is 29.6 Å². The van der Waals surface area contributed by atoms with E-state index in [0.29, 0.717) is 0 Å². The third-order valence-corrected chi connectivity index (χ3v) is 5.45. The summed E-state index contributed by atoms with van der Waals surface area (Å²) in [7, 11) is 0. The van der Waals surface area contributed by atoms with Gasteiger partial charge in [0.2, 0.25) is 5.91 Å². The van der Waals surface area contributed by atoms with E-state index in [9.17, 15) is 9.18 Å². The summed E-state index contributed by atoms with van der Waals surface area (Å²) in [6, 6.07) is 5.01. The summed E-state index contributed by atoms with van der Waals surface area (Å²) in [5.41, 5.74) is 7.64. The van der Waals surface area contributed by atoms with Crippen LogP contribution in [0.3, 0.4) is 0 Å². The van der Waals surface area contributed by atoms with Gasteiger partial charge in [-0.25, -0.2) is 4.39 Å². The van der Waals surface area contributed by atoms with Crippen LogP contribution >= 0.6 is 24.8 Å². The Hall–Kier alpha value is -1.04. The van der Waals surface area contributed by atoms with Gasteiger partial charge in [-0.3, -0.25) is 4.79 Å². The topological polar surface area (TPSA) is 58.4 Å². The number of benzene rings is 1. The Labute approximate surface area is 167 Å². The molecule has 3 rings (SSSR count). The predicted octanol–water partition coefficient (Wildman–Crippen LogP) is 3.72. The lowest BCUT2D eigenvalue weighted by molar-refractivity contribution is -0.128. The molecule has 0 bridgehead atoms. The second kappa shape index (κ2) is 9.77. The fourth-order valence-electron chi connectivity index (χ4n) is 4.03. The maximum Gasteiger partial charge on any atom is 0.240 e. The molecular weight excluding hydrogens is 376 g/mol. The normalized spacial score (nSPS) is 22.0. The van der Waals surface area contributed by atoms with Crippen molar-refractivity contribution in [3.8, 4) is 0 Å². The number of rotatable bonds is 3. The van der Waals surface area contributed by atoms with Crippen molar-refractivity contribution in [3.63, 3.8) is 0 Å². The number of hydrogen-bond acceptors (Lipinski definition) is 3. The molecule has 2 fully saturated rings. The number of aryl methyl sites for hydroxylation is 1. The highest BCUT2D eigenvalue weighted by Crippen LogP contribution is 2.28. The first-order chi connectivity index (χ1) is 11.5. The SMILES string of the molecule is Cc1cc(F)ccc1N1CCCC(NC(=O)C2(N)CCCCC2)C1.Cl.Cl. The summed E-state index contributed by atoms with van der Waals surface area (Å²) >= 11 is 0. The van der Waals surface area contributed by atoms with Gasteiger partial charge in [0.15, 0.2) is 0 Å². The van der Waals surface area contributed by atoms with Crippen molar-refractivity contribution in [2.75, 3.05) is 18.0 Å². The predicted molar refractivity (Wildman–Crippen MR) is 109 cm³/mol. The third kappa shape index (κ3) is 5.24. The largest absolute Gasteiger partial charge is 0.369 e. The second-order valence-electron chi connectivity index (χ2n) is 7.41. The molecule has 0 radical (unpaired) electrons. The Morgan fingerprint density at radius 2 is 1.92 bits per heavy atom. The van der Waals surface area contributed by atoms with Gasteiger partial charge in [-0.05, 0) is 56.4 Å². The fourth-order valence-corrected chi connectivity index (χ4v) is 4.03. The standard InChI is InChI=1S/C19H28FN3O.2ClH/c1-14-12-15(20)7-8-17(14)23-11-5-6-16(13-23)22-18(24)19(21)9-3-2-4-10-19;;/h7-8,12,16H,2-6,9-11,13,21H2,1H3,(H,22,24);2*1H. The number of amides is 1. The molecule has 1 amide bonds. The molecule has 1 aromatic rings. The van der Waals surface area contributed by atoms with Gasteiger partial charge in [0, 0.05) is 24.8 Å². The first kappa shape index (κ1) is 23.0. The quantitative estimate of drug-likeness (QED) is 0.805. The number of carbonyl (C=O) groups is 1. The van der Waals surface area contributed by atoms with Gasteiger partial charge in [0.1, 0.15) is 5.82 Å². The van der Waals surface area contributed by atoms with E-state index in [-0.39, 0.29) is 42.6 Å². The van der Waals surface area contributed by atoms with E-state index in [1.165, 1.54) is 12.5 Å². The van der Waals surface area contributed by atoms with Crippen LogP contribution in [0, 0.1) is 12.7 Å². The Balaban J connectivity index is 0.00000169. The molecule has 1 saturated heterocycles. The average molecular weight is 406 g/mol. The molecular formula is C19H30Cl2FN3O. The Morgan fingerprint density at radius 1 is 1.23 bits per heavy atom. The zero-order valence-corrected chi connectivity index (χ0v) is 16.9. The average Bonchev–Trinajstić information content (AvgIpc) is 2.56. The highest BCUT2D eigenvalue weighted by atomic mass is 35.5. The number of piperidine rings is 1. The van der Waals surface area contributed by atoms with Crippen LogP contribution in [0.4, 0.5) is 10.1 Å². The summed E-state index contributed by atoms with van der Waals surface area (Å²) in [5.74, 6) is -0.203. The number of nitrogens with two attached hydrogens (primary N) is 1. The smallest absolute Gasteiger partial charge is 0.240 e. The van der Waals surface area contributed by atoms with Crippen LogP contribution in [0.2, 0.25) is 0 Å². The number of nitrogens with zero attached hydrogens (tertiary/aromatic N) is 1. The lowest BCUT2D eigenvalue weighted by Gasteiger charge is -2.38. The van der Waals surface area contributed by atoms with Gasteiger partial charge in [-0.15, -0.1) is 24.8 Å². The lowest BCUT2D eigenvalue weighted by Crippen LogP contribution is -2.59. The van der Waals surface area contributed by atoms with E-state index >= 15 is 0 Å². The van der Waals surface area contributed by atoms with E-state index in [4.69, 9.17) is 5.73 Å². The first-order valence-electron chi connectivity index (χ1n) is 9.09. The molecule has 26 heavy (non-hydrogen) atoms. The van der Waals surface area contributed by atoms with Gasteiger partial charge in [0.05, 0.1) is 5.54 Å². The van der Waals surface area contributed by atoms with E-state index in [1.54, 1.807) is 6.07 Å². The first-order valence-corrected chi connectivity index (χ1v) is 9.09. The molecule has 148 valence electrons. The summed E-state index contributed by atoms with van der Waals surface area (Å²) in [6.07, 6.45) is 6.80. The number of nitrogens with one attached hydrogen (secondary N) is 1. The Bertz CT molecular complexity index is 608. The van der Waals surface area contributed by atoms with Gasteiger partial charge in [-0.2, -0.15) is 0 Å². The minimum atomic E-state index is -0.688. The van der Waals surface area contributed by atoms with Crippen molar-refractivity contribution in [1.29, 1.82) is 0 Å². The summed E-state index contributed by atoms with van der Waals surface area (Å²) < 4.78 is 13.3. The van der Waals surface area contributed by atoms with Crippen LogP contribution < -0.4 is 16.0 Å². The van der Waals surface area contributed by atoms with Gasteiger partial charge in [0.25, 0.3) is 0 Å². The molecule has 1 aromatic carbocycles. The van der Waals surface area contributed by atoms with Crippen molar-refractivity contribution in [1.82, 2.24) is 5.32 Å². The van der Waals surface area contributed by atoms with E-state index in [0.717, 1.165) is 62.9 Å². The molecule has 1 heterocycles. The number of carbonyl (C=O) groups excluding carboxylic acids is 1. The number of anilines is 1. The molecule has 0 spiro atoms. The van der Waals surface area contributed by atoms with E-state index in [2.05, 4.69) is 10.2 Å². The monoisotopic (exact) mass is 405 g/mol. The van der Waals surface area contributed by atoms with Gasteiger partial charge in [-0.1, -0.05) is 19.3 Å². The fraction of sp³-hybridized carbons (Fsp3) is 0.632. The van der Waals surface area contributed by atoms with Crippen molar-refractivity contribution in [2.24, 2.45) is 5.73 Å². The van der Waals surface area contributed by atoms with Crippen molar-refractivity contribution >= 4 is 36.4 Å². The molecule has 3 N–H and O–H groups in total. The van der Waals surface area contributed by atoms with Crippen molar-refractivity contribution < 1.29 is 9.18 Å².